The minimum Gasteiger partial charge on any atom is -0.454 e. The molecule has 0 aliphatic rings. The maximum atomic E-state index is 6.02. The fraction of sp³-hybridized carbons (Fsp3) is 0. The lowest BCUT2D eigenvalue weighted by Crippen LogP contribution is -1.73. The Morgan fingerprint density at radius 2 is 0.947 bits per heavy atom. The van der Waals surface area contributed by atoms with Crippen LogP contribution in [0.2, 0.25) is 0 Å². The highest BCUT2D eigenvalue weighted by Crippen LogP contribution is 2.43. The van der Waals surface area contributed by atoms with Gasteiger partial charge in [0.2, 0.25) is 0 Å². The third kappa shape index (κ3) is 2.40. The van der Waals surface area contributed by atoms with Gasteiger partial charge in [-0.2, -0.15) is 0 Å². The quantitative estimate of drug-likeness (QED) is 0.522. The third-order valence-corrected chi connectivity index (χ3v) is 4.91. The zero-order chi connectivity index (χ0) is 13.2. The standard InChI is InChI=1S/C16H10Br2O/c17-13-14(18)16(12-9-5-2-6-10-12)19-15(13)11-7-3-1-4-8-11/h1-10H. The van der Waals surface area contributed by atoms with Gasteiger partial charge in [0.15, 0.2) is 0 Å². The van der Waals surface area contributed by atoms with Crippen LogP contribution < -0.4 is 0 Å². The van der Waals surface area contributed by atoms with Gasteiger partial charge in [-0.3, -0.25) is 0 Å². The van der Waals surface area contributed by atoms with Crippen LogP contribution in [0.1, 0.15) is 0 Å². The topological polar surface area (TPSA) is 13.1 Å². The zero-order valence-corrected chi connectivity index (χ0v) is 13.1. The van der Waals surface area contributed by atoms with Crippen LogP contribution in [0.15, 0.2) is 74.0 Å². The van der Waals surface area contributed by atoms with Gasteiger partial charge in [-0.05, 0) is 31.9 Å². The van der Waals surface area contributed by atoms with Gasteiger partial charge in [0.05, 0.1) is 8.95 Å². The number of hydrogen-bond donors (Lipinski definition) is 0. The Balaban J connectivity index is 2.16. The van der Waals surface area contributed by atoms with E-state index in [1.165, 1.54) is 0 Å². The molecule has 0 bridgehead atoms. The second-order valence-electron chi connectivity index (χ2n) is 4.12. The van der Waals surface area contributed by atoms with Crippen LogP contribution >= 0.6 is 31.9 Å². The molecule has 3 rings (SSSR count). The van der Waals surface area contributed by atoms with Crippen LogP contribution in [-0.2, 0) is 0 Å². The fourth-order valence-electron chi connectivity index (χ4n) is 1.94. The molecule has 0 spiro atoms. The third-order valence-electron chi connectivity index (χ3n) is 2.87. The lowest BCUT2D eigenvalue weighted by Gasteiger charge is -1.98. The Hall–Kier alpha value is -1.32. The van der Waals surface area contributed by atoms with Crippen molar-refractivity contribution >= 4 is 31.9 Å². The van der Waals surface area contributed by atoms with Gasteiger partial charge >= 0.3 is 0 Å². The molecule has 0 radical (unpaired) electrons. The second kappa shape index (κ2) is 5.35. The largest absolute Gasteiger partial charge is 0.454 e. The summed E-state index contributed by atoms with van der Waals surface area (Å²) >= 11 is 7.19. The van der Waals surface area contributed by atoms with Crippen LogP contribution in [0.5, 0.6) is 0 Å². The predicted molar refractivity (Wildman–Crippen MR) is 85.0 cm³/mol. The van der Waals surface area contributed by atoms with Crippen molar-refractivity contribution in [3.8, 4) is 22.6 Å². The highest BCUT2D eigenvalue weighted by atomic mass is 79.9. The normalized spacial score (nSPS) is 10.6. The lowest BCUT2D eigenvalue weighted by molar-refractivity contribution is 0.595. The molecule has 1 nitrogen and oxygen atoms in total. The molecule has 0 unspecified atom stereocenters. The first-order valence-corrected chi connectivity index (χ1v) is 7.44. The van der Waals surface area contributed by atoms with Crippen LogP contribution in [0.25, 0.3) is 22.6 Å². The van der Waals surface area contributed by atoms with E-state index in [2.05, 4.69) is 31.9 Å². The van der Waals surface area contributed by atoms with E-state index in [0.717, 1.165) is 31.6 Å². The molecular weight excluding hydrogens is 368 g/mol. The fourth-order valence-corrected chi connectivity index (χ4v) is 2.92. The summed E-state index contributed by atoms with van der Waals surface area (Å²) in [6.45, 7) is 0. The highest BCUT2D eigenvalue weighted by molar-refractivity contribution is 9.13. The van der Waals surface area contributed by atoms with Crippen LogP contribution in [0.3, 0.4) is 0 Å². The summed E-state index contributed by atoms with van der Waals surface area (Å²) in [7, 11) is 0. The summed E-state index contributed by atoms with van der Waals surface area (Å²) in [5.74, 6) is 1.68. The number of rotatable bonds is 2. The first-order chi connectivity index (χ1) is 9.27. The summed E-state index contributed by atoms with van der Waals surface area (Å²) < 4.78 is 7.91. The summed E-state index contributed by atoms with van der Waals surface area (Å²) in [6.07, 6.45) is 0. The Labute approximate surface area is 128 Å². The van der Waals surface area contributed by atoms with Crippen molar-refractivity contribution in [2.24, 2.45) is 0 Å². The van der Waals surface area contributed by atoms with E-state index in [9.17, 15) is 0 Å². The van der Waals surface area contributed by atoms with Crippen LogP contribution in [0.4, 0.5) is 0 Å². The zero-order valence-electron chi connectivity index (χ0n) is 9.94. The summed E-state index contributed by atoms with van der Waals surface area (Å²) in [5.41, 5.74) is 2.11. The maximum Gasteiger partial charge on any atom is 0.150 e. The minimum atomic E-state index is 0.839. The van der Waals surface area contributed by atoms with Crippen molar-refractivity contribution in [3.63, 3.8) is 0 Å². The monoisotopic (exact) mass is 376 g/mol. The van der Waals surface area contributed by atoms with E-state index in [-0.39, 0.29) is 0 Å². The Kier molecular flexibility index (Phi) is 3.58. The molecule has 0 saturated carbocycles. The number of hydrogen-bond acceptors (Lipinski definition) is 1. The van der Waals surface area contributed by atoms with Crippen molar-refractivity contribution < 1.29 is 4.42 Å². The number of halogens is 2. The maximum absolute atomic E-state index is 6.02. The van der Waals surface area contributed by atoms with Crippen LogP contribution in [0, 0.1) is 0 Å². The first-order valence-electron chi connectivity index (χ1n) is 5.86. The van der Waals surface area contributed by atoms with Crippen molar-refractivity contribution in [1.29, 1.82) is 0 Å². The molecule has 1 heterocycles. The molecule has 0 atom stereocenters. The SMILES string of the molecule is Brc1c(-c2ccccc2)oc(-c2ccccc2)c1Br. The van der Waals surface area contributed by atoms with E-state index in [0.29, 0.717) is 0 Å². The Morgan fingerprint density at radius 1 is 0.579 bits per heavy atom. The molecule has 3 heteroatoms. The molecule has 1 aromatic heterocycles. The summed E-state index contributed by atoms with van der Waals surface area (Å²) in [4.78, 5) is 0. The van der Waals surface area contributed by atoms with Crippen LogP contribution in [-0.4, -0.2) is 0 Å². The molecule has 0 aliphatic heterocycles. The molecule has 0 N–H and O–H groups in total. The summed E-state index contributed by atoms with van der Waals surface area (Å²) in [6, 6.07) is 20.1. The summed E-state index contributed by atoms with van der Waals surface area (Å²) in [5, 5.41) is 0. The Bertz CT molecular complexity index is 628. The second-order valence-corrected chi connectivity index (χ2v) is 5.71. The molecule has 3 aromatic rings. The minimum absolute atomic E-state index is 0.839. The van der Waals surface area contributed by atoms with Crippen molar-refractivity contribution in [3.05, 3.63) is 69.6 Å². The van der Waals surface area contributed by atoms with Gasteiger partial charge in [0.25, 0.3) is 0 Å². The Morgan fingerprint density at radius 3 is 1.32 bits per heavy atom. The van der Waals surface area contributed by atoms with Crippen molar-refractivity contribution in [2.45, 2.75) is 0 Å². The van der Waals surface area contributed by atoms with Gasteiger partial charge in [0.1, 0.15) is 11.5 Å². The molecule has 0 amide bonds. The van der Waals surface area contributed by atoms with E-state index < -0.39 is 0 Å². The van der Waals surface area contributed by atoms with E-state index in [1.54, 1.807) is 0 Å². The van der Waals surface area contributed by atoms with E-state index in [4.69, 9.17) is 4.42 Å². The van der Waals surface area contributed by atoms with E-state index in [1.807, 2.05) is 60.7 Å². The highest BCUT2D eigenvalue weighted by Gasteiger charge is 2.18. The van der Waals surface area contributed by atoms with Gasteiger partial charge < -0.3 is 4.42 Å². The smallest absolute Gasteiger partial charge is 0.150 e. The molecule has 94 valence electrons. The number of benzene rings is 2. The molecule has 0 aliphatic carbocycles. The molecule has 0 fully saturated rings. The van der Waals surface area contributed by atoms with Gasteiger partial charge in [-0.25, -0.2) is 0 Å². The molecule has 0 saturated heterocycles. The first kappa shape index (κ1) is 12.7. The average molecular weight is 378 g/mol. The van der Waals surface area contributed by atoms with Crippen molar-refractivity contribution in [2.75, 3.05) is 0 Å². The van der Waals surface area contributed by atoms with E-state index >= 15 is 0 Å². The van der Waals surface area contributed by atoms with Crippen molar-refractivity contribution in [1.82, 2.24) is 0 Å². The molecule has 19 heavy (non-hydrogen) atoms. The van der Waals surface area contributed by atoms with Gasteiger partial charge in [-0.1, -0.05) is 60.7 Å². The molecular formula is C16H10Br2O. The molecule has 2 aromatic carbocycles. The van der Waals surface area contributed by atoms with Gasteiger partial charge in [-0.15, -0.1) is 0 Å². The predicted octanol–water partition coefficient (Wildman–Crippen LogP) is 6.14. The van der Waals surface area contributed by atoms with Gasteiger partial charge in [0, 0.05) is 11.1 Å². The number of furan rings is 1. The average Bonchev–Trinajstić information content (AvgIpc) is 2.77. The lowest BCUT2D eigenvalue weighted by atomic mass is 10.1.